The van der Waals surface area contributed by atoms with Gasteiger partial charge in [-0.2, -0.15) is 5.26 Å². The normalized spacial score (nSPS) is 10.5. The van der Waals surface area contributed by atoms with E-state index in [1.54, 1.807) is 6.07 Å². The molecule has 5 heteroatoms. The van der Waals surface area contributed by atoms with Crippen molar-refractivity contribution in [2.75, 3.05) is 5.32 Å². The summed E-state index contributed by atoms with van der Waals surface area (Å²) in [6, 6.07) is 11.4. The van der Waals surface area contributed by atoms with Crippen LogP contribution in [0, 0.1) is 25.2 Å². The van der Waals surface area contributed by atoms with Gasteiger partial charge in [-0.25, -0.2) is 0 Å². The topological polar surface area (TPSA) is 66.0 Å². The molecule has 0 aliphatic heterocycles. The number of aryl methyl sites for hydroxylation is 1. The van der Waals surface area contributed by atoms with Crippen molar-refractivity contribution in [3.05, 3.63) is 51.2 Å². The summed E-state index contributed by atoms with van der Waals surface area (Å²) in [7, 11) is 0. The maximum atomic E-state index is 12.3. The summed E-state index contributed by atoms with van der Waals surface area (Å²) in [6.45, 7) is 3.75. The highest BCUT2D eigenvalue weighted by atomic mass is 32.1. The molecule has 21 heavy (non-hydrogen) atoms. The third kappa shape index (κ3) is 2.30. The van der Waals surface area contributed by atoms with Crippen molar-refractivity contribution in [1.82, 2.24) is 0 Å². The third-order valence-corrected chi connectivity index (χ3v) is 4.57. The lowest BCUT2D eigenvalue weighted by Crippen LogP contribution is -2.11. The fourth-order valence-corrected chi connectivity index (χ4v) is 3.14. The highest BCUT2D eigenvalue weighted by molar-refractivity contribution is 7.14. The molecule has 0 unspecified atom stereocenters. The summed E-state index contributed by atoms with van der Waals surface area (Å²) in [6.07, 6.45) is 0. The number of carbonyl (C=O) groups is 1. The first kappa shape index (κ1) is 13.4. The molecule has 0 saturated carbocycles. The zero-order valence-corrected chi connectivity index (χ0v) is 12.4. The Morgan fingerprint density at radius 2 is 2.10 bits per heavy atom. The molecule has 1 N–H and O–H groups in total. The fraction of sp³-hybridized carbons (Fsp3) is 0.125. The number of nitrogens with one attached hydrogen (secondary N) is 1. The summed E-state index contributed by atoms with van der Waals surface area (Å²) in [5.41, 5.74) is 2.01. The van der Waals surface area contributed by atoms with Crippen molar-refractivity contribution >= 4 is 34.1 Å². The highest BCUT2D eigenvalue weighted by Gasteiger charge is 2.19. The van der Waals surface area contributed by atoms with Crippen LogP contribution in [0.15, 0.2) is 34.7 Å². The SMILES string of the molecule is Cc1sc(C(=O)Nc2cc3ccccc3o2)c(C#N)c1C. The average Bonchev–Trinajstić information content (AvgIpc) is 3.00. The molecule has 0 saturated heterocycles. The van der Waals surface area contributed by atoms with E-state index in [0.29, 0.717) is 21.9 Å². The van der Waals surface area contributed by atoms with Gasteiger partial charge >= 0.3 is 0 Å². The number of nitrogens with zero attached hydrogens (tertiary/aromatic N) is 1. The van der Waals surface area contributed by atoms with Crippen LogP contribution in [-0.4, -0.2) is 5.91 Å². The molecule has 2 aromatic heterocycles. The number of hydrogen-bond donors (Lipinski definition) is 1. The fourth-order valence-electron chi connectivity index (χ4n) is 2.13. The first-order valence-electron chi connectivity index (χ1n) is 6.40. The lowest BCUT2D eigenvalue weighted by Gasteiger charge is -1.99. The molecule has 0 aliphatic rings. The molecule has 3 aromatic rings. The summed E-state index contributed by atoms with van der Waals surface area (Å²) in [5.74, 6) is 0.0700. The standard InChI is InChI=1S/C16H12N2O2S/c1-9-10(2)21-15(12(9)8-17)16(19)18-14-7-11-5-3-4-6-13(11)20-14/h3-7H,1-2H3,(H,18,19). The van der Waals surface area contributed by atoms with Gasteiger partial charge in [-0.3, -0.25) is 10.1 Å². The number of para-hydroxylation sites is 1. The number of fused-ring (bicyclic) bond motifs is 1. The molecule has 1 amide bonds. The molecule has 4 nitrogen and oxygen atoms in total. The van der Waals surface area contributed by atoms with Gasteiger partial charge in [0, 0.05) is 16.3 Å². The second-order valence-corrected chi connectivity index (χ2v) is 5.93. The Kier molecular flexibility index (Phi) is 3.24. The Bertz CT molecular complexity index is 850. The van der Waals surface area contributed by atoms with E-state index >= 15 is 0 Å². The number of furan rings is 1. The van der Waals surface area contributed by atoms with E-state index in [2.05, 4.69) is 11.4 Å². The largest absolute Gasteiger partial charge is 0.440 e. The summed E-state index contributed by atoms with van der Waals surface area (Å²) in [4.78, 5) is 13.7. The van der Waals surface area contributed by atoms with Crippen LogP contribution in [0.1, 0.15) is 25.7 Å². The van der Waals surface area contributed by atoms with E-state index in [1.165, 1.54) is 11.3 Å². The molecule has 3 rings (SSSR count). The molecule has 0 spiro atoms. The van der Waals surface area contributed by atoms with E-state index in [4.69, 9.17) is 4.42 Å². The third-order valence-electron chi connectivity index (χ3n) is 3.37. The number of nitriles is 1. The second kappa shape index (κ2) is 5.08. The number of amides is 1. The van der Waals surface area contributed by atoms with Crippen LogP contribution in [0.5, 0.6) is 0 Å². The first-order chi connectivity index (χ1) is 10.1. The minimum absolute atomic E-state index is 0.313. The Hall–Kier alpha value is -2.58. The van der Waals surface area contributed by atoms with Gasteiger partial charge in [0.15, 0.2) is 0 Å². The number of hydrogen-bond acceptors (Lipinski definition) is 4. The van der Waals surface area contributed by atoms with Crippen molar-refractivity contribution in [2.24, 2.45) is 0 Å². The molecule has 1 aromatic carbocycles. The molecule has 0 aliphatic carbocycles. The lowest BCUT2D eigenvalue weighted by atomic mass is 10.1. The van der Waals surface area contributed by atoms with Crippen molar-refractivity contribution < 1.29 is 9.21 Å². The Labute approximate surface area is 125 Å². The number of carbonyl (C=O) groups excluding carboxylic acids is 1. The monoisotopic (exact) mass is 296 g/mol. The maximum Gasteiger partial charge on any atom is 0.269 e. The quantitative estimate of drug-likeness (QED) is 0.769. The number of thiophene rings is 1. The zero-order valence-electron chi connectivity index (χ0n) is 11.6. The predicted molar refractivity (Wildman–Crippen MR) is 82.7 cm³/mol. The van der Waals surface area contributed by atoms with Crippen LogP contribution >= 0.6 is 11.3 Å². The highest BCUT2D eigenvalue weighted by Crippen LogP contribution is 2.28. The maximum absolute atomic E-state index is 12.3. The Balaban J connectivity index is 1.93. The Morgan fingerprint density at radius 1 is 1.33 bits per heavy atom. The summed E-state index contributed by atoms with van der Waals surface area (Å²) < 4.78 is 5.56. The van der Waals surface area contributed by atoms with E-state index in [9.17, 15) is 10.1 Å². The van der Waals surface area contributed by atoms with E-state index in [-0.39, 0.29) is 5.91 Å². The molecule has 104 valence electrons. The van der Waals surface area contributed by atoms with Crippen molar-refractivity contribution in [1.29, 1.82) is 5.26 Å². The van der Waals surface area contributed by atoms with Gasteiger partial charge in [0.05, 0.1) is 5.56 Å². The van der Waals surface area contributed by atoms with Crippen molar-refractivity contribution in [3.8, 4) is 6.07 Å². The minimum Gasteiger partial charge on any atom is -0.440 e. The Morgan fingerprint density at radius 3 is 2.81 bits per heavy atom. The lowest BCUT2D eigenvalue weighted by molar-refractivity contribution is 0.102. The van der Waals surface area contributed by atoms with Gasteiger partial charge < -0.3 is 4.42 Å². The molecule has 0 atom stereocenters. The van der Waals surface area contributed by atoms with Crippen molar-refractivity contribution in [3.63, 3.8) is 0 Å². The first-order valence-corrected chi connectivity index (χ1v) is 7.22. The van der Waals surface area contributed by atoms with Gasteiger partial charge in [0.1, 0.15) is 16.5 Å². The van der Waals surface area contributed by atoms with E-state index in [1.807, 2.05) is 38.1 Å². The number of anilines is 1. The van der Waals surface area contributed by atoms with Crippen LogP contribution in [-0.2, 0) is 0 Å². The van der Waals surface area contributed by atoms with Crippen LogP contribution in [0.2, 0.25) is 0 Å². The van der Waals surface area contributed by atoms with Crippen LogP contribution in [0.25, 0.3) is 11.0 Å². The minimum atomic E-state index is -0.313. The molecule has 0 bridgehead atoms. The molecular weight excluding hydrogens is 284 g/mol. The van der Waals surface area contributed by atoms with Gasteiger partial charge in [-0.1, -0.05) is 18.2 Å². The van der Waals surface area contributed by atoms with Crippen LogP contribution < -0.4 is 5.32 Å². The molecule has 0 fully saturated rings. The van der Waals surface area contributed by atoms with E-state index in [0.717, 1.165) is 15.8 Å². The molecule has 2 heterocycles. The summed E-state index contributed by atoms with van der Waals surface area (Å²) in [5, 5.41) is 12.8. The van der Waals surface area contributed by atoms with Crippen LogP contribution in [0.4, 0.5) is 5.88 Å². The summed E-state index contributed by atoms with van der Waals surface area (Å²) >= 11 is 1.32. The second-order valence-electron chi connectivity index (χ2n) is 4.70. The van der Waals surface area contributed by atoms with Gasteiger partial charge in [-0.15, -0.1) is 11.3 Å². The van der Waals surface area contributed by atoms with Gasteiger partial charge in [0.2, 0.25) is 5.88 Å². The molecule has 0 radical (unpaired) electrons. The zero-order chi connectivity index (χ0) is 15.0. The van der Waals surface area contributed by atoms with Crippen LogP contribution in [0.3, 0.4) is 0 Å². The van der Waals surface area contributed by atoms with Gasteiger partial charge in [0.25, 0.3) is 5.91 Å². The van der Waals surface area contributed by atoms with Gasteiger partial charge in [-0.05, 0) is 25.5 Å². The number of rotatable bonds is 2. The predicted octanol–water partition coefficient (Wildman–Crippen LogP) is 4.24. The smallest absolute Gasteiger partial charge is 0.269 e. The number of benzene rings is 1. The van der Waals surface area contributed by atoms with Crippen molar-refractivity contribution in [2.45, 2.75) is 13.8 Å². The average molecular weight is 296 g/mol. The van der Waals surface area contributed by atoms with E-state index < -0.39 is 0 Å². The molecular formula is C16H12N2O2S.